The minimum absolute atomic E-state index is 0.219. The number of aryl methyl sites for hydroxylation is 1. The Kier molecular flexibility index (Phi) is 7.01. The molecule has 2 aromatic carbocycles. The van der Waals surface area contributed by atoms with Crippen molar-refractivity contribution in [1.82, 2.24) is 15.1 Å². The molecule has 3 rings (SSSR count). The van der Waals surface area contributed by atoms with E-state index in [-0.39, 0.29) is 11.8 Å². The van der Waals surface area contributed by atoms with Gasteiger partial charge in [0.2, 0.25) is 0 Å². The van der Waals surface area contributed by atoms with E-state index in [1.54, 1.807) is 42.1 Å². The third-order valence-electron chi connectivity index (χ3n) is 5.12. The Morgan fingerprint density at radius 1 is 1.07 bits per heavy atom. The van der Waals surface area contributed by atoms with Crippen molar-refractivity contribution in [3.05, 3.63) is 83.7 Å². The van der Waals surface area contributed by atoms with Crippen molar-refractivity contribution in [3.63, 3.8) is 0 Å². The normalized spacial score (nSPS) is 12.8. The average Bonchev–Trinajstić information content (AvgIpc) is 3.20. The molecule has 2 atom stereocenters. The number of carbonyl (C=O) groups excluding carboxylic acids is 2. The van der Waals surface area contributed by atoms with Crippen molar-refractivity contribution in [2.45, 2.75) is 39.2 Å². The summed E-state index contributed by atoms with van der Waals surface area (Å²) in [6.07, 6.45) is 1.75. The number of ether oxygens (including phenoxy) is 1. The molecule has 1 aromatic heterocycles. The van der Waals surface area contributed by atoms with Crippen molar-refractivity contribution in [1.29, 1.82) is 0 Å². The zero-order valence-corrected chi connectivity index (χ0v) is 17.5. The maximum atomic E-state index is 12.4. The number of benzene rings is 2. The van der Waals surface area contributed by atoms with Gasteiger partial charge >= 0.3 is 5.97 Å². The fourth-order valence-corrected chi connectivity index (χ4v) is 3.25. The molecule has 30 heavy (non-hydrogen) atoms. The second kappa shape index (κ2) is 9.87. The van der Waals surface area contributed by atoms with E-state index >= 15 is 0 Å². The Hall–Kier alpha value is -3.41. The monoisotopic (exact) mass is 405 g/mol. The van der Waals surface area contributed by atoms with Crippen LogP contribution in [0, 0.1) is 6.92 Å². The molecule has 0 aliphatic carbocycles. The van der Waals surface area contributed by atoms with Crippen LogP contribution in [0.1, 0.15) is 47.8 Å². The van der Waals surface area contributed by atoms with Crippen LogP contribution in [-0.4, -0.2) is 34.3 Å². The number of hydrogen-bond donors (Lipinski definition) is 1. The maximum Gasteiger partial charge on any atom is 0.338 e. The Bertz CT molecular complexity index is 980. The highest BCUT2D eigenvalue weighted by Gasteiger charge is 2.20. The molecule has 0 saturated carbocycles. The first-order valence-corrected chi connectivity index (χ1v) is 10.1. The molecular formula is C24H27N3O3. The highest BCUT2D eigenvalue weighted by atomic mass is 16.5. The molecule has 1 amide bonds. The topological polar surface area (TPSA) is 73.2 Å². The lowest BCUT2D eigenvalue weighted by molar-refractivity contribution is -0.129. The maximum absolute atomic E-state index is 12.4. The summed E-state index contributed by atoms with van der Waals surface area (Å²) >= 11 is 0. The van der Waals surface area contributed by atoms with Gasteiger partial charge in [0.25, 0.3) is 5.91 Å². The molecular weight excluding hydrogens is 378 g/mol. The molecule has 0 aliphatic rings. The van der Waals surface area contributed by atoms with Gasteiger partial charge in [0.15, 0.2) is 6.10 Å². The van der Waals surface area contributed by atoms with Crippen molar-refractivity contribution in [2.75, 3.05) is 6.54 Å². The van der Waals surface area contributed by atoms with Crippen LogP contribution in [-0.2, 0) is 9.53 Å². The van der Waals surface area contributed by atoms with Gasteiger partial charge in [-0.05, 0) is 56.2 Å². The average molecular weight is 405 g/mol. The fourth-order valence-electron chi connectivity index (χ4n) is 3.25. The predicted molar refractivity (Wildman–Crippen MR) is 116 cm³/mol. The first-order chi connectivity index (χ1) is 14.5. The van der Waals surface area contributed by atoms with Crippen LogP contribution in [0.25, 0.3) is 5.69 Å². The molecule has 3 aromatic rings. The Labute approximate surface area is 176 Å². The van der Waals surface area contributed by atoms with E-state index in [0.29, 0.717) is 12.1 Å². The van der Waals surface area contributed by atoms with Gasteiger partial charge in [-0.15, -0.1) is 0 Å². The molecule has 6 heteroatoms. The van der Waals surface area contributed by atoms with Crippen molar-refractivity contribution in [2.24, 2.45) is 0 Å². The number of hydrogen-bond acceptors (Lipinski definition) is 4. The zero-order valence-electron chi connectivity index (χ0n) is 17.5. The van der Waals surface area contributed by atoms with Gasteiger partial charge in [-0.1, -0.05) is 37.3 Å². The van der Waals surface area contributed by atoms with E-state index in [9.17, 15) is 9.59 Å². The smallest absolute Gasteiger partial charge is 0.338 e. The number of nitrogens with one attached hydrogen (secondary N) is 1. The van der Waals surface area contributed by atoms with Gasteiger partial charge in [0, 0.05) is 24.4 Å². The van der Waals surface area contributed by atoms with Crippen LogP contribution in [0.5, 0.6) is 0 Å². The molecule has 0 bridgehead atoms. The summed E-state index contributed by atoms with van der Waals surface area (Å²) in [4.78, 5) is 24.8. The Balaban J connectivity index is 1.54. The molecule has 156 valence electrons. The number of nitrogens with zero attached hydrogens (tertiary/aromatic N) is 2. The lowest BCUT2D eigenvalue weighted by Crippen LogP contribution is -2.38. The summed E-state index contributed by atoms with van der Waals surface area (Å²) in [6.45, 7) is 6.12. The van der Waals surface area contributed by atoms with Gasteiger partial charge < -0.3 is 10.1 Å². The number of esters is 1. The van der Waals surface area contributed by atoms with Crippen molar-refractivity contribution < 1.29 is 14.3 Å². The summed E-state index contributed by atoms with van der Waals surface area (Å²) in [5.74, 6) is -0.616. The van der Waals surface area contributed by atoms with E-state index in [1.807, 2.05) is 31.2 Å². The number of rotatable bonds is 8. The molecule has 1 heterocycles. The summed E-state index contributed by atoms with van der Waals surface area (Å²) in [6, 6.07) is 18.9. The highest BCUT2D eigenvalue weighted by Crippen LogP contribution is 2.18. The number of carbonyl (C=O) groups is 2. The van der Waals surface area contributed by atoms with Gasteiger partial charge in [0.05, 0.1) is 11.3 Å². The summed E-state index contributed by atoms with van der Waals surface area (Å²) in [7, 11) is 0. The van der Waals surface area contributed by atoms with Gasteiger partial charge in [-0.25, -0.2) is 9.48 Å². The second-order valence-corrected chi connectivity index (χ2v) is 7.24. The van der Waals surface area contributed by atoms with Crippen molar-refractivity contribution >= 4 is 11.9 Å². The quantitative estimate of drug-likeness (QED) is 0.574. The highest BCUT2D eigenvalue weighted by molar-refractivity contribution is 5.92. The van der Waals surface area contributed by atoms with E-state index in [1.165, 1.54) is 5.56 Å². The van der Waals surface area contributed by atoms with Crippen LogP contribution in [0.4, 0.5) is 0 Å². The molecule has 0 radical (unpaired) electrons. The third kappa shape index (κ3) is 5.14. The van der Waals surface area contributed by atoms with E-state index in [4.69, 9.17) is 4.74 Å². The van der Waals surface area contributed by atoms with Gasteiger partial charge in [-0.3, -0.25) is 4.79 Å². The van der Waals surface area contributed by atoms with Gasteiger partial charge in [-0.2, -0.15) is 5.10 Å². The summed E-state index contributed by atoms with van der Waals surface area (Å²) < 4.78 is 7.13. The first-order valence-electron chi connectivity index (χ1n) is 10.1. The van der Waals surface area contributed by atoms with E-state index < -0.39 is 12.1 Å². The van der Waals surface area contributed by atoms with E-state index in [0.717, 1.165) is 17.8 Å². The van der Waals surface area contributed by atoms with Crippen LogP contribution < -0.4 is 5.32 Å². The lowest BCUT2D eigenvalue weighted by atomic mass is 9.96. The molecule has 1 N–H and O–H groups in total. The van der Waals surface area contributed by atoms with Crippen LogP contribution >= 0.6 is 0 Å². The molecule has 0 saturated heterocycles. The first kappa shape index (κ1) is 21.3. The number of aromatic nitrogens is 2. The largest absolute Gasteiger partial charge is 0.449 e. The van der Waals surface area contributed by atoms with Crippen LogP contribution in [0.15, 0.2) is 66.9 Å². The molecule has 0 unspecified atom stereocenters. The molecule has 0 fully saturated rings. The van der Waals surface area contributed by atoms with Crippen LogP contribution in [0.3, 0.4) is 0 Å². The summed E-state index contributed by atoms with van der Waals surface area (Å²) in [5.41, 5.74) is 3.42. The van der Waals surface area contributed by atoms with E-state index in [2.05, 4.69) is 29.5 Å². The fraction of sp³-hybridized carbons (Fsp3) is 0.292. The molecule has 6 nitrogen and oxygen atoms in total. The number of amides is 1. The lowest BCUT2D eigenvalue weighted by Gasteiger charge is -2.18. The second-order valence-electron chi connectivity index (χ2n) is 7.24. The summed E-state index contributed by atoms with van der Waals surface area (Å²) in [5, 5.41) is 7.14. The standard InChI is InChI=1S/C24H27N3O3/c1-4-19(20-8-6-5-7-9-20)16-25-23(28)18(3)30-24(29)21-10-12-22(13-11-21)27-17(2)14-15-26-27/h5-15,18-19H,4,16H2,1-3H3,(H,25,28)/t18-,19-/m1/s1. The Morgan fingerprint density at radius 3 is 2.37 bits per heavy atom. The predicted octanol–water partition coefficient (Wildman–Crippen LogP) is 4.04. The minimum Gasteiger partial charge on any atom is -0.449 e. The Morgan fingerprint density at radius 2 is 1.77 bits per heavy atom. The third-order valence-corrected chi connectivity index (χ3v) is 5.12. The van der Waals surface area contributed by atoms with Gasteiger partial charge in [0.1, 0.15) is 0 Å². The SMILES string of the molecule is CC[C@H](CNC(=O)[C@@H](C)OC(=O)c1ccc(-n2nccc2C)cc1)c1ccccc1. The zero-order chi connectivity index (χ0) is 21.5. The van der Waals surface area contributed by atoms with Crippen molar-refractivity contribution in [3.8, 4) is 5.69 Å². The van der Waals surface area contributed by atoms with Crippen LogP contribution in [0.2, 0.25) is 0 Å². The molecule has 0 spiro atoms. The minimum atomic E-state index is -0.876. The molecule has 0 aliphatic heterocycles.